The Morgan fingerprint density at radius 1 is 0.979 bits per heavy atom. The minimum absolute atomic E-state index is 0.161. The van der Waals surface area contributed by atoms with Crippen LogP contribution >= 0.6 is 0 Å². The number of carboxylic acid groups (broad SMARTS) is 1. The predicted octanol–water partition coefficient (Wildman–Crippen LogP) is 4.76. The van der Waals surface area contributed by atoms with Gasteiger partial charge in [-0.15, -0.1) is 0 Å². The lowest BCUT2D eigenvalue weighted by atomic mass is 10.0. The molecule has 1 aromatic heterocycles. The van der Waals surface area contributed by atoms with Gasteiger partial charge in [-0.3, -0.25) is 9.80 Å². The van der Waals surface area contributed by atoms with Gasteiger partial charge in [-0.1, -0.05) is 41.4 Å². The number of amides is 3. The van der Waals surface area contributed by atoms with Crippen LogP contribution in [0.4, 0.5) is 27.0 Å². The Balaban J connectivity index is 1.26. The number of fused-ring (bicyclic) bond motifs is 1. The summed E-state index contributed by atoms with van der Waals surface area (Å²) in [5.74, 6) is -0.0237. The van der Waals surface area contributed by atoms with Crippen LogP contribution in [0.15, 0.2) is 54.7 Å². The zero-order valence-electron chi connectivity index (χ0n) is 27.4. The molecule has 2 aromatic carbocycles. The van der Waals surface area contributed by atoms with Gasteiger partial charge in [0, 0.05) is 38.6 Å². The molecule has 1 saturated carbocycles. The maximum Gasteiger partial charge on any atom is 0.415 e. The van der Waals surface area contributed by atoms with E-state index in [9.17, 15) is 19.5 Å². The van der Waals surface area contributed by atoms with Gasteiger partial charge in [-0.05, 0) is 75.3 Å². The number of carbonyl (C=O) groups is 3. The van der Waals surface area contributed by atoms with Crippen LogP contribution in [-0.4, -0.2) is 82.8 Å². The number of likely N-dealkylation sites (tertiary alicyclic amines) is 1. The molecule has 12 nitrogen and oxygen atoms in total. The molecule has 2 aliphatic heterocycles. The van der Waals surface area contributed by atoms with Crippen LogP contribution in [0.25, 0.3) is 0 Å². The first-order chi connectivity index (χ1) is 22.8. The van der Waals surface area contributed by atoms with E-state index in [1.807, 2.05) is 54.8 Å². The second-order valence-corrected chi connectivity index (χ2v) is 12.4. The summed E-state index contributed by atoms with van der Waals surface area (Å²) in [6.07, 6.45) is 4.44. The van der Waals surface area contributed by atoms with Crippen molar-refractivity contribution in [2.75, 3.05) is 54.4 Å². The van der Waals surface area contributed by atoms with Gasteiger partial charge in [0.15, 0.2) is 0 Å². The number of carboxylic acids is 1. The normalized spacial score (nSPS) is 19.9. The summed E-state index contributed by atoms with van der Waals surface area (Å²) in [6, 6.07) is 15.1. The number of hydrogen-bond donors (Lipinski definition) is 2. The quantitative estimate of drug-likeness (QED) is 0.324. The Bertz CT molecular complexity index is 1620. The summed E-state index contributed by atoms with van der Waals surface area (Å²) in [7, 11) is 0. The van der Waals surface area contributed by atoms with Crippen molar-refractivity contribution in [1.82, 2.24) is 14.8 Å². The first kappa shape index (κ1) is 32.1. The van der Waals surface area contributed by atoms with Crippen molar-refractivity contribution in [3.05, 3.63) is 71.4 Å². The fraction of sp³-hybridized carbons (Fsp3) is 0.457. The molecular formula is C35H44N7O5+. The fourth-order valence-corrected chi connectivity index (χ4v) is 6.76. The predicted molar refractivity (Wildman–Crippen MR) is 178 cm³/mol. The van der Waals surface area contributed by atoms with E-state index in [1.165, 1.54) is 5.56 Å². The Labute approximate surface area is 275 Å². The number of nitrogens with one attached hydrogen (secondary N) is 2. The second kappa shape index (κ2) is 13.5. The summed E-state index contributed by atoms with van der Waals surface area (Å²) in [5.41, 5.74) is 2.35. The maximum atomic E-state index is 14.0. The zero-order valence-corrected chi connectivity index (χ0v) is 27.4. The Morgan fingerprint density at radius 2 is 1.68 bits per heavy atom. The Kier molecular flexibility index (Phi) is 9.19. The van der Waals surface area contributed by atoms with Crippen LogP contribution in [0.1, 0.15) is 62.6 Å². The topological polar surface area (TPSA) is 133 Å². The van der Waals surface area contributed by atoms with Crippen molar-refractivity contribution in [1.29, 1.82) is 0 Å². The number of hydrogen-bond acceptors (Lipinski definition) is 7. The number of anilines is 3. The van der Waals surface area contributed by atoms with Gasteiger partial charge in [0.25, 0.3) is 0 Å². The third-order valence-electron chi connectivity index (χ3n) is 9.64. The average molecular weight is 643 g/mol. The molecule has 1 aliphatic carbocycles. The molecule has 2 atom stereocenters. The SMILES string of the molecule is CCN(CC)c1nc(NC2(C(=O)O)CC2c2ccc(OC(=O)N3CCCC3)cc2)c(N(CC)C(=O)N2CCc3ccccc3C2)c[nH+]1. The van der Waals surface area contributed by atoms with Gasteiger partial charge in [-0.25, -0.2) is 19.4 Å². The average Bonchev–Trinajstić information content (AvgIpc) is 3.55. The number of ether oxygens (including phenoxy) is 1. The van der Waals surface area contributed by atoms with Crippen LogP contribution < -0.4 is 24.8 Å². The lowest BCUT2D eigenvalue weighted by molar-refractivity contribution is -0.367. The highest BCUT2D eigenvalue weighted by Crippen LogP contribution is 2.54. The fourth-order valence-electron chi connectivity index (χ4n) is 6.76. The van der Waals surface area contributed by atoms with E-state index in [0.717, 1.165) is 30.4 Å². The number of aromatic nitrogens is 2. The van der Waals surface area contributed by atoms with E-state index in [-0.39, 0.29) is 18.0 Å². The first-order valence-electron chi connectivity index (χ1n) is 16.7. The van der Waals surface area contributed by atoms with Crippen LogP contribution in [0.2, 0.25) is 0 Å². The van der Waals surface area contributed by atoms with Gasteiger partial charge in [0.1, 0.15) is 17.0 Å². The van der Waals surface area contributed by atoms with E-state index in [1.54, 1.807) is 28.1 Å². The molecule has 3 heterocycles. The van der Waals surface area contributed by atoms with Crippen LogP contribution in [0.3, 0.4) is 0 Å². The standard InChI is InChI=1S/C35H43N7O5/c1-4-39(5-2)32-36-22-29(42(6-3)33(45)41-20-17-24-11-7-8-12-26(24)23-41)30(37-32)38-35(31(43)44)21-28(35)25-13-15-27(16-14-25)47-34(46)40-18-9-10-19-40/h7-8,11-16,22,28H,4-6,9-10,17-21,23H2,1-3H3,(H,43,44)(H,36,37,38)/p+1. The molecule has 248 valence electrons. The molecular weight excluding hydrogens is 598 g/mol. The Hall–Kier alpha value is -4.87. The number of aromatic amines is 1. The van der Waals surface area contributed by atoms with E-state index in [2.05, 4.69) is 22.4 Å². The molecule has 0 radical (unpaired) electrons. The third-order valence-corrected chi connectivity index (χ3v) is 9.64. The number of carbonyl (C=O) groups excluding carboxylic acids is 2. The molecule has 47 heavy (non-hydrogen) atoms. The lowest BCUT2D eigenvalue weighted by Crippen LogP contribution is -2.46. The molecule has 2 fully saturated rings. The van der Waals surface area contributed by atoms with E-state index in [4.69, 9.17) is 9.72 Å². The van der Waals surface area contributed by atoms with Crippen molar-refractivity contribution < 1.29 is 29.2 Å². The van der Waals surface area contributed by atoms with Gasteiger partial charge in [0.2, 0.25) is 5.82 Å². The van der Waals surface area contributed by atoms with Crippen molar-refractivity contribution in [3.63, 3.8) is 0 Å². The largest absolute Gasteiger partial charge is 0.479 e. The van der Waals surface area contributed by atoms with Crippen molar-refractivity contribution in [2.45, 2.75) is 64.5 Å². The van der Waals surface area contributed by atoms with E-state index < -0.39 is 11.5 Å². The van der Waals surface area contributed by atoms with Crippen molar-refractivity contribution >= 4 is 35.5 Å². The van der Waals surface area contributed by atoms with Gasteiger partial charge >= 0.3 is 24.0 Å². The number of nitrogens with zero attached hydrogens (tertiary/aromatic N) is 5. The van der Waals surface area contributed by atoms with E-state index >= 15 is 0 Å². The summed E-state index contributed by atoms with van der Waals surface area (Å²) in [5, 5.41) is 13.9. The van der Waals surface area contributed by atoms with Crippen LogP contribution in [-0.2, 0) is 17.8 Å². The number of rotatable bonds is 10. The molecule has 0 spiro atoms. The highest BCUT2D eigenvalue weighted by molar-refractivity contribution is 5.96. The maximum absolute atomic E-state index is 14.0. The molecule has 6 rings (SSSR count). The molecule has 12 heteroatoms. The highest BCUT2D eigenvalue weighted by Gasteiger charge is 2.62. The molecule has 3 aliphatic rings. The molecule has 0 bridgehead atoms. The molecule has 2 unspecified atom stereocenters. The highest BCUT2D eigenvalue weighted by atomic mass is 16.6. The zero-order chi connectivity index (χ0) is 33.1. The van der Waals surface area contributed by atoms with Gasteiger partial charge in [0.05, 0.1) is 19.3 Å². The molecule has 3 amide bonds. The number of urea groups is 1. The van der Waals surface area contributed by atoms with Crippen molar-refractivity contribution in [3.8, 4) is 5.75 Å². The van der Waals surface area contributed by atoms with Gasteiger partial charge in [-0.2, -0.15) is 0 Å². The summed E-state index contributed by atoms with van der Waals surface area (Å²) in [4.78, 5) is 54.8. The Morgan fingerprint density at radius 3 is 2.34 bits per heavy atom. The van der Waals surface area contributed by atoms with Crippen LogP contribution in [0.5, 0.6) is 5.75 Å². The summed E-state index contributed by atoms with van der Waals surface area (Å²) >= 11 is 0. The first-order valence-corrected chi connectivity index (χ1v) is 16.7. The number of aliphatic carboxylic acids is 1. The molecule has 1 saturated heterocycles. The summed E-state index contributed by atoms with van der Waals surface area (Å²) in [6.45, 7) is 10.2. The molecule has 3 aromatic rings. The van der Waals surface area contributed by atoms with Crippen molar-refractivity contribution in [2.24, 2.45) is 0 Å². The third kappa shape index (κ3) is 6.41. The number of benzene rings is 2. The monoisotopic (exact) mass is 642 g/mol. The lowest BCUT2D eigenvalue weighted by Gasteiger charge is -2.33. The smallest absolute Gasteiger partial charge is 0.415 e. The summed E-state index contributed by atoms with van der Waals surface area (Å²) < 4.78 is 5.55. The second-order valence-electron chi connectivity index (χ2n) is 12.4. The minimum atomic E-state index is -1.33. The minimum Gasteiger partial charge on any atom is -0.479 e. The molecule has 3 N–H and O–H groups in total. The van der Waals surface area contributed by atoms with Crippen LogP contribution in [0, 0.1) is 0 Å². The van der Waals surface area contributed by atoms with Gasteiger partial charge < -0.3 is 25.0 Å². The number of H-pyrrole nitrogens is 1. The van der Waals surface area contributed by atoms with E-state index in [0.29, 0.717) is 75.4 Å².